The summed E-state index contributed by atoms with van der Waals surface area (Å²) in [6.07, 6.45) is 1.36. The Hall–Kier alpha value is -3.51. The molecule has 5 nitrogen and oxygen atoms in total. The number of carbonyl (C=O) groups is 2. The molecule has 31 heavy (non-hydrogen) atoms. The topological polar surface area (TPSA) is 71.1 Å². The molecule has 0 saturated carbocycles. The summed E-state index contributed by atoms with van der Waals surface area (Å²) < 4.78 is 1.00. The van der Waals surface area contributed by atoms with Crippen LogP contribution in [0.2, 0.25) is 0 Å². The zero-order valence-corrected chi connectivity index (χ0v) is 17.8. The van der Waals surface area contributed by atoms with Crippen LogP contribution in [0.3, 0.4) is 0 Å². The predicted octanol–water partition coefficient (Wildman–Crippen LogP) is 4.60. The van der Waals surface area contributed by atoms with Crippen molar-refractivity contribution in [1.29, 1.82) is 0 Å². The smallest absolute Gasteiger partial charge is 0.249 e. The van der Waals surface area contributed by atoms with E-state index in [2.05, 4.69) is 15.6 Å². The summed E-state index contributed by atoms with van der Waals surface area (Å²) in [7, 11) is 0. The van der Waals surface area contributed by atoms with E-state index in [1.807, 2.05) is 84.9 Å². The third-order valence-corrected chi connectivity index (χ3v) is 5.89. The fourth-order valence-corrected chi connectivity index (χ4v) is 4.22. The number of hydrogen-bond acceptors (Lipinski definition) is 4. The van der Waals surface area contributed by atoms with Crippen LogP contribution in [0.5, 0.6) is 0 Å². The molecule has 4 rings (SSSR count). The molecule has 0 aliphatic carbocycles. The number of nitrogens with one attached hydrogen (secondary N) is 2. The van der Waals surface area contributed by atoms with Crippen molar-refractivity contribution in [2.24, 2.45) is 0 Å². The molecule has 156 valence electrons. The predicted molar refractivity (Wildman–Crippen MR) is 125 cm³/mol. The zero-order chi connectivity index (χ0) is 21.5. The quantitative estimate of drug-likeness (QED) is 0.430. The van der Waals surface area contributed by atoms with E-state index in [0.717, 1.165) is 21.3 Å². The molecule has 0 saturated heterocycles. The fourth-order valence-electron chi connectivity index (χ4n) is 3.35. The Morgan fingerprint density at radius 1 is 0.839 bits per heavy atom. The molecular weight excluding hydrogens is 406 g/mol. The van der Waals surface area contributed by atoms with E-state index >= 15 is 0 Å². The van der Waals surface area contributed by atoms with E-state index in [-0.39, 0.29) is 11.8 Å². The van der Waals surface area contributed by atoms with Gasteiger partial charge in [-0.3, -0.25) is 9.59 Å². The molecule has 0 spiro atoms. The van der Waals surface area contributed by atoms with Gasteiger partial charge in [0, 0.05) is 12.8 Å². The Morgan fingerprint density at radius 2 is 1.48 bits per heavy atom. The molecule has 0 fully saturated rings. The largest absolute Gasteiger partial charge is 0.344 e. The number of aryl methyl sites for hydroxylation is 1. The summed E-state index contributed by atoms with van der Waals surface area (Å²) in [5.74, 6) is -0.416. The van der Waals surface area contributed by atoms with Crippen molar-refractivity contribution in [2.45, 2.75) is 25.3 Å². The normalized spacial score (nSPS) is 11.7. The molecule has 3 aromatic carbocycles. The first-order valence-corrected chi connectivity index (χ1v) is 11.0. The van der Waals surface area contributed by atoms with Crippen LogP contribution >= 0.6 is 11.3 Å². The minimum absolute atomic E-state index is 0.149. The van der Waals surface area contributed by atoms with Gasteiger partial charge in [-0.1, -0.05) is 84.1 Å². The van der Waals surface area contributed by atoms with Crippen molar-refractivity contribution >= 4 is 38.5 Å². The van der Waals surface area contributed by atoms with Crippen LogP contribution in [-0.2, 0) is 22.4 Å². The molecule has 2 amide bonds. The van der Waals surface area contributed by atoms with E-state index < -0.39 is 6.04 Å². The lowest BCUT2D eigenvalue weighted by molar-refractivity contribution is -0.126. The Labute approximate surface area is 185 Å². The van der Waals surface area contributed by atoms with Gasteiger partial charge < -0.3 is 10.6 Å². The molecular formula is C25H23N3O2S. The van der Waals surface area contributed by atoms with Crippen LogP contribution in [0.4, 0.5) is 5.13 Å². The number of carbonyl (C=O) groups excluding carboxylic acids is 2. The van der Waals surface area contributed by atoms with Crippen LogP contribution in [0.15, 0.2) is 84.9 Å². The van der Waals surface area contributed by atoms with Crippen molar-refractivity contribution in [1.82, 2.24) is 10.3 Å². The Morgan fingerprint density at radius 3 is 2.19 bits per heavy atom. The summed E-state index contributed by atoms with van der Waals surface area (Å²) >= 11 is 1.42. The van der Waals surface area contributed by atoms with Gasteiger partial charge in [-0.2, -0.15) is 0 Å². The maximum absolute atomic E-state index is 13.0. The summed E-state index contributed by atoms with van der Waals surface area (Å²) in [6.45, 7) is 0. The molecule has 0 aliphatic rings. The standard InChI is InChI=1S/C25H23N3O2S/c29-23(16-15-18-9-3-1-4-10-18)26-21(17-19-11-5-2-6-12-19)24(30)28-25-27-20-13-7-8-14-22(20)31-25/h1-14,21H,15-17H2,(H,26,29)(H,27,28,30)/t21-/m0/s1. The summed E-state index contributed by atoms with van der Waals surface area (Å²) in [6, 6.07) is 26.6. The molecule has 1 atom stereocenters. The monoisotopic (exact) mass is 429 g/mol. The Bertz CT molecular complexity index is 1130. The van der Waals surface area contributed by atoms with Crippen LogP contribution in [-0.4, -0.2) is 22.8 Å². The van der Waals surface area contributed by atoms with Crippen LogP contribution in [0.1, 0.15) is 17.5 Å². The molecule has 6 heteroatoms. The summed E-state index contributed by atoms with van der Waals surface area (Å²) in [4.78, 5) is 30.1. The summed E-state index contributed by atoms with van der Waals surface area (Å²) in [5.41, 5.74) is 2.92. The molecule has 0 bridgehead atoms. The number of para-hydroxylation sites is 1. The van der Waals surface area contributed by atoms with E-state index in [1.165, 1.54) is 11.3 Å². The van der Waals surface area contributed by atoms with Crippen molar-refractivity contribution in [2.75, 3.05) is 5.32 Å². The second-order valence-corrected chi connectivity index (χ2v) is 8.30. The number of anilines is 1. The SMILES string of the molecule is O=C(CCc1ccccc1)N[C@@H](Cc1ccccc1)C(=O)Nc1nc2ccccc2s1. The van der Waals surface area contributed by atoms with E-state index in [0.29, 0.717) is 24.4 Å². The minimum Gasteiger partial charge on any atom is -0.344 e. The van der Waals surface area contributed by atoms with Gasteiger partial charge in [-0.15, -0.1) is 0 Å². The van der Waals surface area contributed by atoms with Gasteiger partial charge in [-0.05, 0) is 29.7 Å². The van der Waals surface area contributed by atoms with Gasteiger partial charge in [0.1, 0.15) is 6.04 Å². The number of fused-ring (bicyclic) bond motifs is 1. The molecule has 0 unspecified atom stereocenters. The Balaban J connectivity index is 1.44. The van der Waals surface area contributed by atoms with Gasteiger partial charge >= 0.3 is 0 Å². The Kier molecular flexibility index (Phi) is 6.69. The average Bonchev–Trinajstić information content (AvgIpc) is 3.21. The lowest BCUT2D eigenvalue weighted by Crippen LogP contribution is -2.45. The van der Waals surface area contributed by atoms with Crippen LogP contribution < -0.4 is 10.6 Å². The van der Waals surface area contributed by atoms with Gasteiger partial charge in [0.25, 0.3) is 0 Å². The zero-order valence-electron chi connectivity index (χ0n) is 17.0. The minimum atomic E-state index is -0.683. The molecule has 4 aromatic rings. The number of thiazole rings is 1. The highest BCUT2D eigenvalue weighted by molar-refractivity contribution is 7.22. The van der Waals surface area contributed by atoms with Crippen LogP contribution in [0.25, 0.3) is 10.2 Å². The van der Waals surface area contributed by atoms with Crippen molar-refractivity contribution in [3.8, 4) is 0 Å². The van der Waals surface area contributed by atoms with E-state index in [9.17, 15) is 9.59 Å². The number of hydrogen-bond donors (Lipinski definition) is 2. The first-order chi connectivity index (χ1) is 15.2. The number of nitrogens with zero attached hydrogens (tertiary/aromatic N) is 1. The van der Waals surface area contributed by atoms with Crippen LogP contribution in [0, 0.1) is 0 Å². The molecule has 2 N–H and O–H groups in total. The van der Waals surface area contributed by atoms with Gasteiger partial charge in [0.15, 0.2) is 5.13 Å². The highest BCUT2D eigenvalue weighted by Gasteiger charge is 2.22. The highest BCUT2D eigenvalue weighted by Crippen LogP contribution is 2.25. The fraction of sp³-hybridized carbons (Fsp3) is 0.160. The van der Waals surface area contributed by atoms with E-state index in [4.69, 9.17) is 0 Å². The van der Waals surface area contributed by atoms with Gasteiger partial charge in [-0.25, -0.2) is 4.98 Å². The first-order valence-electron chi connectivity index (χ1n) is 10.2. The third kappa shape index (κ3) is 5.77. The second kappa shape index (κ2) is 10.00. The average molecular weight is 430 g/mol. The van der Waals surface area contributed by atoms with Gasteiger partial charge in [0.2, 0.25) is 11.8 Å². The number of benzene rings is 3. The number of amides is 2. The third-order valence-electron chi connectivity index (χ3n) is 4.94. The second-order valence-electron chi connectivity index (χ2n) is 7.27. The molecule has 1 heterocycles. The lowest BCUT2D eigenvalue weighted by atomic mass is 10.0. The number of aromatic nitrogens is 1. The maximum atomic E-state index is 13.0. The van der Waals surface area contributed by atoms with Crippen molar-refractivity contribution < 1.29 is 9.59 Å². The van der Waals surface area contributed by atoms with Crippen molar-refractivity contribution in [3.63, 3.8) is 0 Å². The molecule has 0 radical (unpaired) electrons. The van der Waals surface area contributed by atoms with Gasteiger partial charge in [0.05, 0.1) is 10.2 Å². The van der Waals surface area contributed by atoms with E-state index in [1.54, 1.807) is 0 Å². The molecule has 0 aliphatic heterocycles. The maximum Gasteiger partial charge on any atom is 0.249 e. The highest BCUT2D eigenvalue weighted by atomic mass is 32.1. The summed E-state index contributed by atoms with van der Waals surface area (Å²) in [5, 5.41) is 6.33. The van der Waals surface area contributed by atoms with Crippen molar-refractivity contribution in [3.05, 3.63) is 96.1 Å². The molecule has 1 aromatic heterocycles. The lowest BCUT2D eigenvalue weighted by Gasteiger charge is -2.18. The number of rotatable bonds is 8. The first kappa shape index (κ1) is 20.8.